The maximum Gasteiger partial charge on any atom is 0.307 e. The van der Waals surface area contributed by atoms with E-state index in [0.29, 0.717) is 0 Å². The van der Waals surface area contributed by atoms with Crippen LogP contribution in [0.25, 0.3) is 10.9 Å². The fourth-order valence-corrected chi connectivity index (χ4v) is 1.96. The van der Waals surface area contributed by atoms with E-state index in [1.54, 1.807) is 6.20 Å². The second-order valence-corrected chi connectivity index (χ2v) is 3.90. The lowest BCUT2D eigenvalue weighted by atomic mass is 10.1. The molecule has 0 aliphatic carbocycles. The molecule has 2 aromatic rings. The molecule has 0 spiro atoms. The lowest BCUT2D eigenvalue weighted by Gasteiger charge is -2.01. The molecule has 0 bridgehead atoms. The number of benzene rings is 1. The summed E-state index contributed by atoms with van der Waals surface area (Å²) in [5, 5.41) is 9.67. The quantitative estimate of drug-likeness (QED) is 0.865. The molecule has 1 aromatic heterocycles. The summed E-state index contributed by atoms with van der Waals surface area (Å²) in [7, 11) is 0. The van der Waals surface area contributed by atoms with Gasteiger partial charge >= 0.3 is 5.97 Å². The number of carboxylic acid groups (broad SMARTS) is 1. The van der Waals surface area contributed by atoms with E-state index in [2.05, 4.69) is 20.9 Å². The molecule has 1 aromatic carbocycles. The van der Waals surface area contributed by atoms with Crippen molar-refractivity contribution in [2.75, 3.05) is 0 Å². The minimum Gasteiger partial charge on any atom is -0.481 e. The Kier molecular flexibility index (Phi) is 2.29. The fourth-order valence-electron chi connectivity index (χ4n) is 1.50. The van der Waals surface area contributed by atoms with Crippen LogP contribution in [0.5, 0.6) is 0 Å². The summed E-state index contributed by atoms with van der Waals surface area (Å²) in [4.78, 5) is 13.7. The van der Waals surface area contributed by atoms with E-state index in [1.165, 1.54) is 0 Å². The Labute approximate surface area is 88.9 Å². The third-order valence-corrected chi connectivity index (χ3v) is 2.77. The minimum atomic E-state index is -0.810. The Hall–Kier alpha value is -1.29. The molecule has 4 heteroatoms. The van der Waals surface area contributed by atoms with Crippen LogP contribution >= 0.6 is 15.9 Å². The van der Waals surface area contributed by atoms with Crippen LogP contribution in [-0.2, 0) is 11.2 Å². The molecule has 0 atom stereocenters. The highest BCUT2D eigenvalue weighted by atomic mass is 79.9. The molecule has 0 unspecified atom stereocenters. The zero-order valence-corrected chi connectivity index (χ0v) is 8.84. The second kappa shape index (κ2) is 3.46. The standard InChI is InChI=1S/C10H8BrNO2/c11-8-2-1-6(5-9(13)14)7-3-4-12-10(7)8/h1-4,12H,5H2,(H,13,14). The number of nitrogens with one attached hydrogen (secondary N) is 1. The first kappa shape index (κ1) is 9.27. The monoisotopic (exact) mass is 253 g/mol. The van der Waals surface area contributed by atoms with Crippen LogP contribution in [0.2, 0.25) is 0 Å². The Morgan fingerprint density at radius 2 is 2.21 bits per heavy atom. The van der Waals surface area contributed by atoms with Gasteiger partial charge in [0.1, 0.15) is 0 Å². The number of halogens is 1. The van der Waals surface area contributed by atoms with Crippen molar-refractivity contribution in [1.29, 1.82) is 0 Å². The Morgan fingerprint density at radius 1 is 1.43 bits per heavy atom. The Bertz CT molecular complexity index is 490. The average molecular weight is 254 g/mol. The molecular formula is C10H8BrNO2. The summed E-state index contributed by atoms with van der Waals surface area (Å²) >= 11 is 3.40. The molecule has 0 amide bonds. The Balaban J connectivity index is 2.60. The third-order valence-electron chi connectivity index (χ3n) is 2.10. The van der Waals surface area contributed by atoms with Gasteiger partial charge < -0.3 is 10.1 Å². The van der Waals surface area contributed by atoms with E-state index in [-0.39, 0.29) is 6.42 Å². The third kappa shape index (κ3) is 1.53. The predicted octanol–water partition coefficient (Wildman–Crippen LogP) is 2.56. The number of hydrogen-bond donors (Lipinski definition) is 2. The summed E-state index contributed by atoms with van der Waals surface area (Å²) in [6.07, 6.45) is 1.86. The van der Waals surface area contributed by atoms with Crippen LogP contribution in [-0.4, -0.2) is 16.1 Å². The van der Waals surface area contributed by atoms with Crippen molar-refractivity contribution in [1.82, 2.24) is 4.98 Å². The number of carboxylic acids is 1. The van der Waals surface area contributed by atoms with Crippen molar-refractivity contribution >= 4 is 32.8 Å². The molecule has 0 fully saturated rings. The maximum absolute atomic E-state index is 10.6. The van der Waals surface area contributed by atoms with Gasteiger partial charge in [0, 0.05) is 16.1 Å². The average Bonchev–Trinajstić information content (AvgIpc) is 2.58. The van der Waals surface area contributed by atoms with Crippen LogP contribution in [0, 0.1) is 0 Å². The van der Waals surface area contributed by atoms with Gasteiger partial charge in [-0.1, -0.05) is 6.07 Å². The maximum atomic E-state index is 10.6. The van der Waals surface area contributed by atoms with E-state index in [0.717, 1.165) is 20.9 Å². The van der Waals surface area contributed by atoms with Crippen molar-refractivity contribution < 1.29 is 9.90 Å². The van der Waals surface area contributed by atoms with Gasteiger partial charge in [-0.15, -0.1) is 0 Å². The largest absolute Gasteiger partial charge is 0.481 e. The van der Waals surface area contributed by atoms with Gasteiger partial charge in [-0.05, 0) is 33.6 Å². The molecule has 0 aliphatic rings. The number of rotatable bonds is 2. The molecule has 0 saturated carbocycles. The highest BCUT2D eigenvalue weighted by Gasteiger charge is 2.07. The number of carbonyl (C=O) groups is 1. The lowest BCUT2D eigenvalue weighted by molar-refractivity contribution is -0.136. The molecular weight excluding hydrogens is 246 g/mol. The van der Waals surface area contributed by atoms with Gasteiger partial charge in [0.2, 0.25) is 0 Å². The number of fused-ring (bicyclic) bond motifs is 1. The topological polar surface area (TPSA) is 53.1 Å². The zero-order valence-electron chi connectivity index (χ0n) is 7.25. The van der Waals surface area contributed by atoms with Crippen molar-refractivity contribution in [2.24, 2.45) is 0 Å². The van der Waals surface area contributed by atoms with Gasteiger partial charge in [-0.2, -0.15) is 0 Å². The molecule has 14 heavy (non-hydrogen) atoms. The summed E-state index contributed by atoms with van der Waals surface area (Å²) in [5.74, 6) is -0.810. The number of aliphatic carboxylic acids is 1. The summed E-state index contributed by atoms with van der Waals surface area (Å²) < 4.78 is 0.951. The lowest BCUT2D eigenvalue weighted by Crippen LogP contribution is -2.00. The summed E-state index contributed by atoms with van der Waals surface area (Å²) in [5.41, 5.74) is 1.78. The minimum absolute atomic E-state index is 0.0572. The predicted molar refractivity (Wildman–Crippen MR) is 57.3 cm³/mol. The van der Waals surface area contributed by atoms with Crippen LogP contribution < -0.4 is 0 Å². The smallest absolute Gasteiger partial charge is 0.307 e. The number of aromatic nitrogens is 1. The van der Waals surface area contributed by atoms with Crippen LogP contribution in [0.1, 0.15) is 5.56 Å². The Morgan fingerprint density at radius 3 is 2.93 bits per heavy atom. The van der Waals surface area contributed by atoms with Crippen molar-refractivity contribution in [3.63, 3.8) is 0 Å². The highest BCUT2D eigenvalue weighted by Crippen LogP contribution is 2.25. The van der Waals surface area contributed by atoms with Crippen molar-refractivity contribution in [3.8, 4) is 0 Å². The molecule has 0 saturated heterocycles. The van der Waals surface area contributed by atoms with E-state index in [1.807, 2.05) is 18.2 Å². The van der Waals surface area contributed by atoms with Crippen molar-refractivity contribution in [3.05, 3.63) is 34.4 Å². The normalized spacial score (nSPS) is 10.6. The van der Waals surface area contributed by atoms with Crippen LogP contribution in [0.3, 0.4) is 0 Å². The summed E-state index contributed by atoms with van der Waals surface area (Å²) in [6.45, 7) is 0. The molecule has 72 valence electrons. The van der Waals surface area contributed by atoms with Crippen LogP contribution in [0.15, 0.2) is 28.9 Å². The first-order chi connectivity index (χ1) is 6.68. The van der Waals surface area contributed by atoms with Crippen molar-refractivity contribution in [2.45, 2.75) is 6.42 Å². The van der Waals surface area contributed by atoms with Gasteiger partial charge in [0.05, 0.1) is 11.9 Å². The number of H-pyrrole nitrogens is 1. The van der Waals surface area contributed by atoms with Gasteiger partial charge in [-0.25, -0.2) is 0 Å². The first-order valence-electron chi connectivity index (χ1n) is 4.15. The number of hydrogen-bond acceptors (Lipinski definition) is 1. The summed E-state index contributed by atoms with van der Waals surface area (Å²) in [6, 6.07) is 5.57. The van der Waals surface area contributed by atoms with Crippen LogP contribution in [0.4, 0.5) is 0 Å². The van der Waals surface area contributed by atoms with Gasteiger partial charge in [-0.3, -0.25) is 4.79 Å². The molecule has 2 rings (SSSR count). The number of aromatic amines is 1. The molecule has 0 aliphatic heterocycles. The fraction of sp³-hybridized carbons (Fsp3) is 0.100. The molecule has 1 heterocycles. The van der Waals surface area contributed by atoms with Gasteiger partial charge in [0.15, 0.2) is 0 Å². The highest BCUT2D eigenvalue weighted by molar-refractivity contribution is 9.10. The van der Waals surface area contributed by atoms with E-state index < -0.39 is 5.97 Å². The van der Waals surface area contributed by atoms with E-state index >= 15 is 0 Å². The SMILES string of the molecule is O=C(O)Cc1ccc(Br)c2[nH]ccc12. The molecule has 3 nitrogen and oxygen atoms in total. The van der Waals surface area contributed by atoms with Gasteiger partial charge in [0.25, 0.3) is 0 Å². The van der Waals surface area contributed by atoms with E-state index in [4.69, 9.17) is 5.11 Å². The second-order valence-electron chi connectivity index (χ2n) is 3.04. The zero-order chi connectivity index (χ0) is 10.1. The first-order valence-corrected chi connectivity index (χ1v) is 4.94. The molecule has 2 N–H and O–H groups in total. The molecule has 0 radical (unpaired) electrons. The van der Waals surface area contributed by atoms with E-state index in [9.17, 15) is 4.79 Å².